The quantitative estimate of drug-likeness (QED) is 0.261. The van der Waals surface area contributed by atoms with Gasteiger partial charge in [-0.05, 0) is 56.7 Å². The van der Waals surface area contributed by atoms with Crippen molar-refractivity contribution in [2.24, 2.45) is 5.41 Å². The molecule has 0 amide bonds. The summed E-state index contributed by atoms with van der Waals surface area (Å²) in [5.74, 6) is -2.83. The summed E-state index contributed by atoms with van der Waals surface area (Å²) in [4.78, 5) is 31.6. The molecule has 0 saturated carbocycles. The molecule has 2 aromatic heterocycles. The van der Waals surface area contributed by atoms with Gasteiger partial charge < -0.3 is 14.5 Å². The van der Waals surface area contributed by atoms with Gasteiger partial charge in [0.1, 0.15) is 23.8 Å². The van der Waals surface area contributed by atoms with E-state index in [2.05, 4.69) is 19.7 Å². The second-order valence-electron chi connectivity index (χ2n) is 11.1. The Morgan fingerprint density at radius 1 is 0.956 bits per heavy atom. The molecule has 4 aromatic rings. The largest absolute Gasteiger partial charge is 0.415 e. The molecule has 238 valence electrons. The molecule has 0 atom stereocenters. The summed E-state index contributed by atoms with van der Waals surface area (Å²) >= 11 is 0. The first-order valence-corrected chi connectivity index (χ1v) is 15.1. The second-order valence-corrected chi connectivity index (χ2v) is 12.8. The minimum atomic E-state index is -4.75. The number of halogens is 4. The van der Waals surface area contributed by atoms with E-state index in [1.807, 2.05) is 9.62 Å². The Morgan fingerprint density at radius 2 is 1.69 bits per heavy atom. The summed E-state index contributed by atoms with van der Waals surface area (Å²) < 4.78 is 86.7. The Morgan fingerprint density at radius 3 is 2.36 bits per heavy atom. The molecule has 2 aromatic carbocycles. The Bertz CT molecular complexity index is 1850. The summed E-state index contributed by atoms with van der Waals surface area (Å²) in [5, 5.41) is 2.21. The minimum absolute atomic E-state index is 0.201. The lowest BCUT2D eigenvalue weighted by molar-refractivity contribution is -0.201. The van der Waals surface area contributed by atoms with Crippen LogP contribution in [0.3, 0.4) is 0 Å². The number of rotatable bonds is 8. The molecule has 11 nitrogen and oxygen atoms in total. The molecule has 45 heavy (non-hydrogen) atoms. The van der Waals surface area contributed by atoms with Crippen molar-refractivity contribution in [2.75, 3.05) is 35.8 Å². The van der Waals surface area contributed by atoms with Crippen LogP contribution in [0.4, 0.5) is 29.1 Å². The van der Waals surface area contributed by atoms with Gasteiger partial charge in [0.25, 0.3) is 10.0 Å². The Labute approximate surface area is 255 Å². The second kappa shape index (κ2) is 12.4. The molecule has 0 unspecified atom stereocenters. The maximum atomic E-state index is 14.2. The van der Waals surface area contributed by atoms with E-state index in [-0.39, 0.29) is 11.5 Å². The Kier molecular flexibility index (Phi) is 8.80. The van der Waals surface area contributed by atoms with E-state index in [9.17, 15) is 30.8 Å². The molecule has 1 aliphatic heterocycles. The Hall–Kier alpha value is -4.57. The van der Waals surface area contributed by atoms with Crippen molar-refractivity contribution in [1.82, 2.24) is 20.0 Å². The lowest BCUT2D eigenvalue weighted by Gasteiger charge is -2.35. The zero-order valence-corrected chi connectivity index (χ0v) is 25.1. The van der Waals surface area contributed by atoms with Gasteiger partial charge in [-0.1, -0.05) is 6.07 Å². The summed E-state index contributed by atoms with van der Waals surface area (Å²) in [7, 11) is -4.75. The first-order valence-electron chi connectivity index (χ1n) is 13.6. The number of sulfonamides is 1. The fourth-order valence-electron chi connectivity index (χ4n) is 4.45. The summed E-state index contributed by atoms with van der Waals surface area (Å²) in [5.41, 5.74) is -0.0339. The Balaban J connectivity index is 1.47. The van der Waals surface area contributed by atoms with Crippen LogP contribution in [0.15, 0.2) is 59.9 Å². The van der Waals surface area contributed by atoms with Crippen LogP contribution in [0.1, 0.15) is 20.8 Å². The maximum Gasteiger partial charge on any atom is 0.388 e. The topological polar surface area (TPSA) is 127 Å². The van der Waals surface area contributed by atoms with Gasteiger partial charge in [-0.25, -0.2) is 36.9 Å². The third-order valence-electron chi connectivity index (χ3n) is 6.79. The first kappa shape index (κ1) is 31.8. The molecule has 0 bridgehead atoms. The van der Waals surface area contributed by atoms with Crippen molar-refractivity contribution >= 4 is 38.4 Å². The highest BCUT2D eigenvalue weighted by Crippen LogP contribution is 2.34. The molecule has 0 radical (unpaired) electrons. The number of hydroxylamine groups is 2. The third-order valence-corrected chi connectivity index (χ3v) is 8.15. The maximum absolute atomic E-state index is 14.2. The molecule has 5 rings (SSSR count). The van der Waals surface area contributed by atoms with Crippen LogP contribution >= 0.6 is 0 Å². The molecule has 1 fully saturated rings. The number of nitrogens with zero attached hydrogens (tertiary/aromatic N) is 5. The highest BCUT2D eigenvalue weighted by atomic mass is 32.2. The third kappa shape index (κ3) is 7.23. The number of piperazine rings is 1. The van der Waals surface area contributed by atoms with Crippen molar-refractivity contribution in [3.05, 3.63) is 66.6 Å². The predicted octanol–water partition coefficient (Wildman–Crippen LogP) is 5.00. The molecule has 1 saturated heterocycles. The van der Waals surface area contributed by atoms with E-state index in [1.165, 1.54) is 6.33 Å². The highest BCUT2D eigenvalue weighted by molar-refractivity contribution is 7.92. The normalized spacial score (nSPS) is 14.5. The SMILES string of the molecule is CC(C)(C)C(=O)ON1CCN(c2ncnc3ccc(-c4cnc(OC(F)F)c(S(=O)(=O)Nc5ccc(F)cc5F)c4)cc23)CC1. The number of benzene rings is 2. The van der Waals surface area contributed by atoms with E-state index < -0.39 is 50.1 Å². The summed E-state index contributed by atoms with van der Waals surface area (Å²) in [6.45, 7) is 3.70. The van der Waals surface area contributed by atoms with E-state index in [0.717, 1.165) is 24.4 Å². The first-order chi connectivity index (χ1) is 21.2. The fourth-order valence-corrected chi connectivity index (χ4v) is 5.63. The van der Waals surface area contributed by atoms with Gasteiger partial charge in [0.05, 0.1) is 29.7 Å². The smallest absolute Gasteiger partial charge is 0.388 e. The van der Waals surface area contributed by atoms with Crippen LogP contribution in [-0.2, 0) is 19.7 Å². The molecule has 0 spiro atoms. The number of fused-ring (bicyclic) bond motifs is 1. The fraction of sp³-hybridized carbons (Fsp3) is 0.310. The van der Waals surface area contributed by atoms with Crippen molar-refractivity contribution in [1.29, 1.82) is 0 Å². The lowest BCUT2D eigenvalue weighted by Crippen LogP contribution is -2.48. The number of carbonyl (C=O) groups excluding carboxylic acids is 1. The van der Waals surface area contributed by atoms with Gasteiger partial charge in [0.15, 0.2) is 4.90 Å². The van der Waals surface area contributed by atoms with E-state index in [4.69, 9.17) is 4.84 Å². The van der Waals surface area contributed by atoms with Gasteiger partial charge in [0, 0.05) is 36.3 Å². The van der Waals surface area contributed by atoms with E-state index >= 15 is 0 Å². The van der Waals surface area contributed by atoms with Crippen molar-refractivity contribution in [3.8, 4) is 17.0 Å². The predicted molar refractivity (Wildman–Crippen MR) is 156 cm³/mol. The summed E-state index contributed by atoms with van der Waals surface area (Å²) in [6, 6.07) is 8.23. The monoisotopic (exact) mass is 648 g/mol. The number of nitrogens with one attached hydrogen (secondary N) is 1. The van der Waals surface area contributed by atoms with Crippen LogP contribution in [-0.4, -0.2) is 67.2 Å². The van der Waals surface area contributed by atoms with Crippen LogP contribution < -0.4 is 14.4 Å². The standard InChI is InChI=1S/C29H28F4N6O5S/c1-29(2,3)27(40)44-39-10-8-38(9-11-39)25-20-12-17(4-6-22(20)35-16-36-25)18-13-24(26(34-15-18)43-28(32)33)45(41,42)37-23-7-5-19(30)14-21(23)31/h4-7,12-16,28,37H,8-11H2,1-3H3. The van der Waals surface area contributed by atoms with Crippen molar-refractivity contribution in [3.63, 3.8) is 0 Å². The number of aromatic nitrogens is 3. The highest BCUT2D eigenvalue weighted by Gasteiger charge is 2.29. The lowest BCUT2D eigenvalue weighted by atomic mass is 9.98. The van der Waals surface area contributed by atoms with Crippen molar-refractivity contribution in [2.45, 2.75) is 32.3 Å². The molecular weight excluding hydrogens is 620 g/mol. The summed E-state index contributed by atoms with van der Waals surface area (Å²) in [6.07, 6.45) is 2.56. The zero-order chi connectivity index (χ0) is 32.5. The number of hydrogen-bond acceptors (Lipinski definition) is 10. The average Bonchev–Trinajstić information content (AvgIpc) is 2.98. The molecule has 0 aliphatic carbocycles. The molecule has 1 N–H and O–H groups in total. The number of pyridine rings is 1. The number of carbonyl (C=O) groups is 1. The van der Waals surface area contributed by atoms with E-state index in [0.29, 0.717) is 54.5 Å². The van der Waals surface area contributed by atoms with Gasteiger partial charge in [0.2, 0.25) is 5.88 Å². The van der Waals surface area contributed by atoms with Crippen LogP contribution in [0.2, 0.25) is 0 Å². The zero-order valence-electron chi connectivity index (χ0n) is 24.3. The average molecular weight is 649 g/mol. The van der Waals surface area contributed by atoms with Gasteiger partial charge in [-0.15, -0.1) is 5.06 Å². The van der Waals surface area contributed by atoms with Gasteiger partial charge in [-0.2, -0.15) is 8.78 Å². The molecule has 1 aliphatic rings. The van der Waals surface area contributed by atoms with Gasteiger partial charge >= 0.3 is 12.6 Å². The van der Waals surface area contributed by atoms with Crippen molar-refractivity contribution < 1.29 is 40.3 Å². The minimum Gasteiger partial charge on any atom is -0.415 e. The number of ether oxygens (including phenoxy) is 1. The molecule has 3 heterocycles. The van der Waals surface area contributed by atoms with Gasteiger partial charge in [-0.3, -0.25) is 4.72 Å². The molecular formula is C29H28F4N6O5S. The number of hydrogen-bond donors (Lipinski definition) is 1. The van der Waals surface area contributed by atoms with Crippen LogP contribution in [0.25, 0.3) is 22.0 Å². The number of alkyl halides is 2. The number of anilines is 2. The van der Waals surface area contributed by atoms with Crippen LogP contribution in [0.5, 0.6) is 5.88 Å². The van der Waals surface area contributed by atoms with E-state index in [1.54, 1.807) is 44.0 Å². The van der Waals surface area contributed by atoms with Crippen LogP contribution in [0, 0.1) is 17.0 Å². The molecule has 16 heteroatoms.